The number of carbonyl (C=O) groups is 1. The van der Waals surface area contributed by atoms with Crippen molar-refractivity contribution in [2.24, 2.45) is 10.2 Å². The number of azo groups is 1. The Morgan fingerprint density at radius 2 is 2.00 bits per heavy atom. The molecule has 0 radical (unpaired) electrons. The monoisotopic (exact) mass is 576 g/mol. The van der Waals surface area contributed by atoms with E-state index in [1.165, 1.54) is 6.07 Å². The Hall–Kier alpha value is -2.81. The van der Waals surface area contributed by atoms with Crippen LogP contribution in [0.5, 0.6) is 0 Å². The van der Waals surface area contributed by atoms with Gasteiger partial charge in [-0.05, 0) is 57.2 Å². The van der Waals surface area contributed by atoms with Crippen molar-refractivity contribution >= 4 is 49.5 Å². The number of aryl methyl sites for hydroxylation is 1. The van der Waals surface area contributed by atoms with Crippen LogP contribution in [0.3, 0.4) is 0 Å². The summed E-state index contributed by atoms with van der Waals surface area (Å²) in [6, 6.07) is 3.39. The number of sulfonamides is 1. The molecule has 1 N–H and O–H groups in total. The maximum atomic E-state index is 12.9. The van der Waals surface area contributed by atoms with Crippen LogP contribution in [0.1, 0.15) is 68.7 Å². The number of hydrogen-bond donors (Lipinski definition) is 1. The summed E-state index contributed by atoms with van der Waals surface area (Å²) in [7, 11) is -4.78. The van der Waals surface area contributed by atoms with Crippen molar-refractivity contribution in [1.82, 2.24) is 10.2 Å². The van der Waals surface area contributed by atoms with Gasteiger partial charge in [0, 0.05) is 18.3 Å². The highest BCUT2D eigenvalue weighted by Crippen LogP contribution is 2.41. The second kappa shape index (κ2) is 12.4. The van der Waals surface area contributed by atoms with Gasteiger partial charge in [-0.1, -0.05) is 31.6 Å². The fourth-order valence-electron chi connectivity index (χ4n) is 4.10. The minimum Gasteiger partial charge on any atom is -0.458 e. The molecule has 1 atom stereocenters. The van der Waals surface area contributed by atoms with E-state index < -0.39 is 27.9 Å². The van der Waals surface area contributed by atoms with Crippen LogP contribution >= 0.6 is 11.3 Å². The molecule has 2 heterocycles. The van der Waals surface area contributed by atoms with Gasteiger partial charge < -0.3 is 9.64 Å². The minimum atomic E-state index is -4.92. The van der Waals surface area contributed by atoms with E-state index in [4.69, 9.17) is 4.74 Å². The van der Waals surface area contributed by atoms with Gasteiger partial charge in [0.15, 0.2) is 5.75 Å². The summed E-state index contributed by atoms with van der Waals surface area (Å²) < 4.78 is 70.6. The number of hydrogen-bond acceptors (Lipinski definition) is 10. The van der Waals surface area contributed by atoms with Crippen LogP contribution in [0, 0.1) is 0 Å². The average molecular weight is 577 g/mol. The average Bonchev–Trinajstić information content (AvgIpc) is 3.28. The maximum Gasteiger partial charge on any atom is 0.404 e. The largest absolute Gasteiger partial charge is 0.458 e. The number of aromatic nitrogens is 2. The number of carbonyl (C=O) groups excluding carboxylic acids is 1. The van der Waals surface area contributed by atoms with Gasteiger partial charge >= 0.3 is 12.1 Å². The number of alkyl halides is 3. The van der Waals surface area contributed by atoms with E-state index in [2.05, 4.69) is 39.2 Å². The zero-order valence-electron chi connectivity index (χ0n) is 21.6. The molecule has 0 bridgehead atoms. The highest BCUT2D eigenvalue weighted by molar-refractivity contribution is 7.92. The Kier molecular flexibility index (Phi) is 9.68. The number of rotatable bonds is 11. The first-order valence-electron chi connectivity index (χ1n) is 12.3. The maximum absolute atomic E-state index is 12.9. The highest BCUT2D eigenvalue weighted by Gasteiger charge is 2.36. The Labute approximate surface area is 223 Å². The van der Waals surface area contributed by atoms with E-state index in [-0.39, 0.29) is 33.7 Å². The zero-order valence-corrected chi connectivity index (χ0v) is 23.2. The number of unbranched alkanes of at least 4 members (excludes halogenated alkanes) is 1. The van der Waals surface area contributed by atoms with Gasteiger partial charge in [-0.3, -0.25) is 4.72 Å². The normalized spacial score (nSPS) is 16.2. The lowest BCUT2D eigenvalue weighted by molar-refractivity contribution is -0.106. The number of fused-ring (bicyclic) bond motifs is 1. The van der Waals surface area contributed by atoms with Crippen LogP contribution in [0.2, 0.25) is 0 Å². The lowest BCUT2D eigenvalue weighted by atomic mass is 9.93. The third kappa shape index (κ3) is 8.09. The summed E-state index contributed by atoms with van der Waals surface area (Å²) in [5.74, 6) is -2.71. The first kappa shape index (κ1) is 29.7. The fraction of sp³-hybridized carbons (Fsp3) is 0.609. The molecule has 1 aromatic carbocycles. The summed E-state index contributed by atoms with van der Waals surface area (Å²) in [5.41, 5.74) is 1.55. The number of esters is 1. The van der Waals surface area contributed by atoms with Crippen molar-refractivity contribution in [3.05, 3.63) is 22.7 Å². The predicted octanol–water partition coefficient (Wildman–Crippen LogP) is 6.15. The van der Waals surface area contributed by atoms with Gasteiger partial charge in [-0.15, -0.1) is 20.4 Å². The van der Waals surface area contributed by atoms with Crippen LogP contribution in [-0.2, 0) is 21.2 Å². The lowest BCUT2D eigenvalue weighted by Gasteiger charge is -2.39. The standard InChI is InChI=1S/C23H31F3N6O4S2/c1-5-7-10-32-16(6-2)9-8-15-11-17(18(12-19(15)32)31-38(34,35)13-23(24,25)26)27-29-22-30-28-20(37-22)21(33)36-14(3)4/h11-12,14,16,31H,5-10,13H2,1-4H3. The van der Waals surface area contributed by atoms with E-state index in [9.17, 15) is 26.4 Å². The van der Waals surface area contributed by atoms with Gasteiger partial charge in [0.1, 0.15) is 5.69 Å². The van der Waals surface area contributed by atoms with Crippen molar-refractivity contribution in [1.29, 1.82) is 0 Å². The molecule has 1 aliphatic heterocycles. The van der Waals surface area contributed by atoms with Crippen molar-refractivity contribution in [3.63, 3.8) is 0 Å². The molecule has 2 aromatic rings. The highest BCUT2D eigenvalue weighted by atomic mass is 32.2. The van der Waals surface area contributed by atoms with E-state index in [0.29, 0.717) is 6.42 Å². The molecule has 1 aliphatic rings. The van der Waals surface area contributed by atoms with Gasteiger partial charge in [-0.25, -0.2) is 13.2 Å². The second-order valence-electron chi connectivity index (χ2n) is 9.17. The van der Waals surface area contributed by atoms with Crippen LogP contribution in [-0.4, -0.2) is 55.2 Å². The molecular formula is C23H31F3N6O4S2. The summed E-state index contributed by atoms with van der Waals surface area (Å²) in [5, 5.41) is 15.5. The van der Waals surface area contributed by atoms with Crippen LogP contribution in [0.4, 0.5) is 35.4 Å². The van der Waals surface area contributed by atoms with Crippen molar-refractivity contribution in [2.75, 3.05) is 21.9 Å². The van der Waals surface area contributed by atoms with E-state index >= 15 is 0 Å². The van der Waals surface area contributed by atoms with Crippen LogP contribution < -0.4 is 9.62 Å². The molecular weight excluding hydrogens is 545 g/mol. The first-order valence-corrected chi connectivity index (χ1v) is 14.8. The molecule has 10 nitrogen and oxygen atoms in total. The second-order valence-corrected chi connectivity index (χ2v) is 11.8. The quantitative estimate of drug-likeness (QED) is 0.251. The van der Waals surface area contributed by atoms with Gasteiger partial charge in [0.05, 0.1) is 11.8 Å². The third-order valence-electron chi connectivity index (χ3n) is 5.71. The van der Waals surface area contributed by atoms with Crippen LogP contribution in [0.25, 0.3) is 0 Å². The number of anilines is 2. The van der Waals surface area contributed by atoms with Crippen molar-refractivity contribution < 1.29 is 31.1 Å². The van der Waals surface area contributed by atoms with E-state index in [1.54, 1.807) is 19.9 Å². The molecule has 0 saturated carbocycles. The molecule has 0 fully saturated rings. The van der Waals surface area contributed by atoms with Crippen LogP contribution in [0.15, 0.2) is 22.4 Å². The molecule has 0 aliphatic carbocycles. The van der Waals surface area contributed by atoms with Crippen molar-refractivity contribution in [2.45, 2.75) is 78.1 Å². The SMILES string of the molecule is CCCCN1c2cc(NS(=O)(=O)CC(F)(F)F)c(N=Nc3nnc(C(=O)OC(C)C)s3)cc2CCC1CC. The smallest absolute Gasteiger partial charge is 0.404 e. The molecule has 38 heavy (non-hydrogen) atoms. The van der Waals surface area contributed by atoms with Gasteiger partial charge in [0.25, 0.3) is 5.13 Å². The summed E-state index contributed by atoms with van der Waals surface area (Å²) in [4.78, 5) is 14.2. The van der Waals surface area contributed by atoms with Crippen molar-refractivity contribution in [3.8, 4) is 0 Å². The summed E-state index contributed by atoms with van der Waals surface area (Å²) in [6.07, 6.45) is -0.976. The fourth-order valence-corrected chi connectivity index (χ4v) is 5.65. The number of nitrogens with one attached hydrogen (secondary N) is 1. The molecule has 0 spiro atoms. The number of ether oxygens (including phenoxy) is 1. The topological polar surface area (TPSA) is 126 Å². The van der Waals surface area contributed by atoms with E-state index in [0.717, 1.165) is 54.8 Å². The lowest BCUT2D eigenvalue weighted by Crippen LogP contribution is -2.39. The number of benzene rings is 1. The zero-order chi connectivity index (χ0) is 28.1. The molecule has 210 valence electrons. The number of nitrogens with zero attached hydrogens (tertiary/aromatic N) is 5. The molecule has 0 saturated heterocycles. The van der Waals surface area contributed by atoms with E-state index in [1.807, 2.05) is 4.72 Å². The third-order valence-corrected chi connectivity index (χ3v) is 7.74. The Bertz CT molecular complexity index is 1260. The Balaban J connectivity index is 2.01. The Morgan fingerprint density at radius 1 is 1.26 bits per heavy atom. The minimum absolute atomic E-state index is 0.00172. The summed E-state index contributed by atoms with van der Waals surface area (Å²) in [6.45, 7) is 8.23. The Morgan fingerprint density at radius 3 is 2.63 bits per heavy atom. The molecule has 0 amide bonds. The molecule has 1 aromatic heterocycles. The molecule has 15 heteroatoms. The van der Waals surface area contributed by atoms with Gasteiger partial charge in [0.2, 0.25) is 15.0 Å². The molecule has 3 rings (SSSR count). The first-order chi connectivity index (χ1) is 17.8. The number of halogens is 3. The molecule has 1 unspecified atom stereocenters. The predicted molar refractivity (Wildman–Crippen MR) is 139 cm³/mol. The summed E-state index contributed by atoms with van der Waals surface area (Å²) >= 11 is 0.818. The van der Waals surface area contributed by atoms with Gasteiger partial charge in [-0.2, -0.15) is 13.2 Å².